The maximum atomic E-state index is 11.7. The summed E-state index contributed by atoms with van der Waals surface area (Å²) in [4.78, 5) is 17.4. The van der Waals surface area contributed by atoms with Crippen LogP contribution in [0.15, 0.2) is 11.7 Å². The second-order valence-corrected chi connectivity index (χ2v) is 4.10. The van der Waals surface area contributed by atoms with Gasteiger partial charge in [0.25, 0.3) is 5.91 Å². The summed E-state index contributed by atoms with van der Waals surface area (Å²) in [6.45, 7) is 0.385. The molecule has 2 unspecified atom stereocenters. The Morgan fingerprint density at radius 1 is 1.50 bits per heavy atom. The molecule has 2 atom stereocenters. The van der Waals surface area contributed by atoms with Crippen LogP contribution >= 0.6 is 11.3 Å². The van der Waals surface area contributed by atoms with Gasteiger partial charge in [0.1, 0.15) is 4.88 Å². The molecule has 2 N–H and O–H groups in total. The molecule has 1 aliphatic rings. The van der Waals surface area contributed by atoms with Crippen LogP contribution in [0, 0.1) is 0 Å². The van der Waals surface area contributed by atoms with E-state index in [2.05, 4.69) is 4.98 Å². The van der Waals surface area contributed by atoms with Crippen LogP contribution in [0.3, 0.4) is 0 Å². The van der Waals surface area contributed by atoms with Gasteiger partial charge >= 0.3 is 0 Å². The highest BCUT2D eigenvalue weighted by atomic mass is 32.1. The topological polar surface area (TPSA) is 73.7 Å². The summed E-state index contributed by atoms with van der Waals surface area (Å²) in [5, 5.41) is 18.5. The number of thiazole rings is 1. The van der Waals surface area contributed by atoms with Gasteiger partial charge in [-0.05, 0) is 0 Å². The van der Waals surface area contributed by atoms with Gasteiger partial charge in [-0.3, -0.25) is 9.78 Å². The molecule has 2 rings (SSSR count). The molecule has 0 bridgehead atoms. The first-order valence-electron chi connectivity index (χ1n) is 4.22. The zero-order valence-corrected chi connectivity index (χ0v) is 8.15. The Hall–Kier alpha value is -0.980. The fourth-order valence-corrected chi connectivity index (χ4v) is 2.00. The summed E-state index contributed by atoms with van der Waals surface area (Å²) in [7, 11) is 0. The van der Waals surface area contributed by atoms with Crippen molar-refractivity contribution in [1.82, 2.24) is 9.88 Å². The fraction of sp³-hybridized carbons (Fsp3) is 0.500. The van der Waals surface area contributed by atoms with Gasteiger partial charge in [-0.15, -0.1) is 11.3 Å². The molecule has 0 aromatic carbocycles. The number of amides is 1. The van der Waals surface area contributed by atoms with Gasteiger partial charge in [0, 0.05) is 13.1 Å². The van der Waals surface area contributed by atoms with E-state index in [0.717, 1.165) is 0 Å². The normalized spacial score (nSPS) is 26.9. The number of nitrogens with zero attached hydrogens (tertiary/aromatic N) is 2. The second-order valence-electron chi connectivity index (χ2n) is 3.21. The lowest BCUT2D eigenvalue weighted by Gasteiger charge is -2.13. The zero-order valence-electron chi connectivity index (χ0n) is 7.33. The number of hydrogen-bond donors (Lipinski definition) is 2. The summed E-state index contributed by atoms with van der Waals surface area (Å²) in [6.07, 6.45) is -0.164. The molecule has 0 aliphatic carbocycles. The standard InChI is InChI=1S/C8H10N2O3S/c11-5-2-10(3-6(5)12)8(13)7-1-9-4-14-7/h1,4-6,11-12H,2-3H2. The molecule has 0 spiro atoms. The van der Waals surface area contributed by atoms with Crippen LogP contribution in [-0.4, -0.2) is 51.3 Å². The third kappa shape index (κ3) is 1.63. The summed E-state index contributed by atoms with van der Waals surface area (Å²) >= 11 is 1.25. The lowest BCUT2D eigenvalue weighted by Crippen LogP contribution is -2.29. The van der Waals surface area contributed by atoms with Crippen LogP contribution in [0.5, 0.6) is 0 Å². The molecule has 0 saturated carbocycles. The molecule has 5 nitrogen and oxygen atoms in total. The number of rotatable bonds is 1. The first-order valence-corrected chi connectivity index (χ1v) is 5.10. The lowest BCUT2D eigenvalue weighted by molar-refractivity contribution is 0.0572. The van der Waals surface area contributed by atoms with Crippen LogP contribution in [0.2, 0.25) is 0 Å². The van der Waals surface area contributed by atoms with E-state index in [1.807, 2.05) is 0 Å². The van der Waals surface area contributed by atoms with Crippen molar-refractivity contribution in [2.24, 2.45) is 0 Å². The molecule has 76 valence electrons. The largest absolute Gasteiger partial charge is 0.388 e. The Balaban J connectivity index is 2.07. The minimum absolute atomic E-state index is 0.178. The van der Waals surface area contributed by atoms with E-state index in [0.29, 0.717) is 4.88 Å². The van der Waals surface area contributed by atoms with Crippen molar-refractivity contribution in [3.05, 3.63) is 16.6 Å². The Kier molecular flexibility index (Phi) is 2.49. The zero-order chi connectivity index (χ0) is 10.1. The number of hydrogen-bond acceptors (Lipinski definition) is 5. The predicted octanol–water partition coefficient (Wildman–Crippen LogP) is -0.679. The molecule has 6 heteroatoms. The van der Waals surface area contributed by atoms with Gasteiger partial charge in [-0.25, -0.2) is 0 Å². The van der Waals surface area contributed by atoms with Crippen molar-refractivity contribution in [1.29, 1.82) is 0 Å². The second kappa shape index (κ2) is 3.64. The Labute approximate surface area is 84.6 Å². The SMILES string of the molecule is O=C(c1cncs1)N1CC(O)C(O)C1. The van der Waals surface area contributed by atoms with E-state index < -0.39 is 12.2 Å². The molecular formula is C8H10N2O3S. The Bertz CT molecular complexity index is 317. The van der Waals surface area contributed by atoms with Crippen molar-refractivity contribution in [3.63, 3.8) is 0 Å². The van der Waals surface area contributed by atoms with Gasteiger partial charge in [-0.1, -0.05) is 0 Å². The average Bonchev–Trinajstić information content (AvgIpc) is 2.76. The molecule has 1 fully saturated rings. The number of β-amino-alcohol motifs (C(OH)–C–C–N with tert-alkyl or cyclic N) is 2. The minimum atomic E-state index is -0.827. The van der Waals surface area contributed by atoms with E-state index in [1.165, 1.54) is 22.4 Å². The molecule has 1 aliphatic heterocycles. The van der Waals surface area contributed by atoms with Crippen LogP contribution in [-0.2, 0) is 0 Å². The molecule has 0 radical (unpaired) electrons. The van der Waals surface area contributed by atoms with Gasteiger partial charge < -0.3 is 15.1 Å². The van der Waals surface area contributed by atoms with Crippen LogP contribution in [0.25, 0.3) is 0 Å². The molecule has 1 amide bonds. The minimum Gasteiger partial charge on any atom is -0.388 e. The first kappa shape index (κ1) is 9.57. The lowest BCUT2D eigenvalue weighted by atomic mass is 10.3. The van der Waals surface area contributed by atoms with E-state index >= 15 is 0 Å². The summed E-state index contributed by atoms with van der Waals surface area (Å²) in [6, 6.07) is 0. The number of aromatic nitrogens is 1. The van der Waals surface area contributed by atoms with Gasteiger partial charge in [0.05, 0.1) is 23.9 Å². The van der Waals surface area contributed by atoms with E-state index in [1.54, 1.807) is 5.51 Å². The monoisotopic (exact) mass is 214 g/mol. The number of aliphatic hydroxyl groups is 2. The third-order valence-electron chi connectivity index (χ3n) is 2.19. The number of aliphatic hydroxyl groups excluding tert-OH is 2. The van der Waals surface area contributed by atoms with Gasteiger partial charge in [-0.2, -0.15) is 0 Å². The number of likely N-dealkylation sites (tertiary alicyclic amines) is 1. The van der Waals surface area contributed by atoms with Crippen molar-refractivity contribution >= 4 is 17.2 Å². The van der Waals surface area contributed by atoms with Crippen LogP contribution in [0.4, 0.5) is 0 Å². The molecule has 14 heavy (non-hydrogen) atoms. The molecule has 2 heterocycles. The highest BCUT2D eigenvalue weighted by Gasteiger charge is 2.33. The molecule has 1 aromatic heterocycles. The molecule has 1 saturated heterocycles. The molecule has 1 aromatic rings. The smallest absolute Gasteiger partial charge is 0.265 e. The average molecular weight is 214 g/mol. The summed E-state index contributed by atoms with van der Waals surface area (Å²) in [5.41, 5.74) is 1.58. The van der Waals surface area contributed by atoms with E-state index in [-0.39, 0.29) is 19.0 Å². The van der Waals surface area contributed by atoms with Gasteiger partial charge in [0.2, 0.25) is 0 Å². The highest BCUT2D eigenvalue weighted by molar-refractivity contribution is 7.11. The van der Waals surface area contributed by atoms with Crippen LogP contribution in [0.1, 0.15) is 9.67 Å². The molecular weight excluding hydrogens is 204 g/mol. The van der Waals surface area contributed by atoms with E-state index in [4.69, 9.17) is 0 Å². The third-order valence-corrected chi connectivity index (χ3v) is 2.95. The predicted molar refractivity (Wildman–Crippen MR) is 50.0 cm³/mol. The Morgan fingerprint density at radius 2 is 2.14 bits per heavy atom. The van der Waals surface area contributed by atoms with Crippen molar-refractivity contribution in [3.8, 4) is 0 Å². The van der Waals surface area contributed by atoms with Crippen molar-refractivity contribution < 1.29 is 15.0 Å². The van der Waals surface area contributed by atoms with Crippen molar-refractivity contribution in [2.45, 2.75) is 12.2 Å². The highest BCUT2D eigenvalue weighted by Crippen LogP contribution is 2.16. The quantitative estimate of drug-likeness (QED) is 0.649. The fourth-order valence-electron chi connectivity index (χ4n) is 1.41. The maximum Gasteiger partial charge on any atom is 0.265 e. The first-order chi connectivity index (χ1) is 6.68. The number of carbonyl (C=O) groups is 1. The van der Waals surface area contributed by atoms with E-state index in [9.17, 15) is 15.0 Å². The summed E-state index contributed by atoms with van der Waals surface area (Å²) < 4.78 is 0. The van der Waals surface area contributed by atoms with Gasteiger partial charge in [0.15, 0.2) is 0 Å². The summed E-state index contributed by atoms with van der Waals surface area (Å²) in [5.74, 6) is -0.178. The maximum absolute atomic E-state index is 11.7. The Morgan fingerprint density at radius 3 is 2.64 bits per heavy atom. The van der Waals surface area contributed by atoms with Crippen LogP contribution < -0.4 is 0 Å². The number of carbonyl (C=O) groups excluding carboxylic acids is 1. The van der Waals surface area contributed by atoms with Crippen molar-refractivity contribution in [2.75, 3.05) is 13.1 Å².